The summed E-state index contributed by atoms with van der Waals surface area (Å²) in [5.41, 5.74) is 1.17. The number of sulfone groups is 1. The Kier molecular flexibility index (Phi) is 5.34. The van der Waals surface area contributed by atoms with Gasteiger partial charge in [-0.3, -0.25) is 0 Å². The molecule has 0 radical (unpaired) electrons. The minimum absolute atomic E-state index is 0.0222. The Morgan fingerprint density at radius 1 is 1.03 bits per heavy atom. The third-order valence-corrected chi connectivity index (χ3v) is 7.01. The Labute approximate surface area is 182 Å². The van der Waals surface area contributed by atoms with E-state index in [1.54, 1.807) is 6.20 Å². The van der Waals surface area contributed by atoms with E-state index in [0.717, 1.165) is 29.1 Å². The van der Waals surface area contributed by atoms with Gasteiger partial charge in [-0.15, -0.1) is 30.7 Å². The molecule has 1 aromatic carbocycles. The molecule has 0 amide bonds. The fraction of sp³-hybridized carbons (Fsp3) is 0.133. The van der Waals surface area contributed by atoms with Crippen LogP contribution in [-0.2, 0) is 9.84 Å². The molecule has 3 heterocycles. The van der Waals surface area contributed by atoms with Crippen molar-refractivity contribution in [1.29, 1.82) is 0 Å². The zero-order valence-electron chi connectivity index (χ0n) is 15.7. The monoisotopic (exact) mass is 477 g/mol. The van der Waals surface area contributed by atoms with Gasteiger partial charge in [-0.1, -0.05) is 11.3 Å². The summed E-state index contributed by atoms with van der Waals surface area (Å²) in [7, 11) is -3.52. The first kappa shape index (κ1) is 20.8. The molecule has 4 aromatic rings. The van der Waals surface area contributed by atoms with Crippen molar-refractivity contribution in [2.24, 2.45) is 20.5 Å². The first-order valence-corrected chi connectivity index (χ1v) is 11.7. The van der Waals surface area contributed by atoms with Crippen LogP contribution in [0.1, 0.15) is 5.56 Å². The maximum absolute atomic E-state index is 11.5. The summed E-state index contributed by atoms with van der Waals surface area (Å²) in [4.78, 5) is 7.98. The molecule has 16 heteroatoms. The molecule has 0 saturated carbocycles. The van der Waals surface area contributed by atoms with Crippen LogP contribution in [0.2, 0.25) is 0 Å². The fourth-order valence-corrected chi connectivity index (χ4v) is 4.32. The molecular formula is C15H11N9O4S3. The second-order valence-corrected chi connectivity index (χ2v) is 9.90. The van der Waals surface area contributed by atoms with E-state index in [1.807, 2.05) is 0 Å². The van der Waals surface area contributed by atoms with Crippen LogP contribution >= 0.6 is 22.9 Å². The molecule has 2 N–H and O–H groups in total. The number of benzene rings is 1. The van der Waals surface area contributed by atoms with Crippen LogP contribution in [0.3, 0.4) is 0 Å². The zero-order chi connectivity index (χ0) is 22.2. The van der Waals surface area contributed by atoms with Crippen LogP contribution < -0.4 is 0 Å². The molecular weight excluding hydrogens is 466 g/mol. The van der Waals surface area contributed by atoms with Crippen molar-refractivity contribution in [2.45, 2.75) is 11.3 Å². The highest BCUT2D eigenvalue weighted by molar-refractivity contribution is 7.92. The van der Waals surface area contributed by atoms with Crippen LogP contribution in [0.15, 0.2) is 43.4 Å². The highest BCUT2D eigenvalue weighted by Gasteiger charge is 2.17. The smallest absolute Gasteiger partial charge is 0.252 e. The second kappa shape index (κ2) is 7.97. The fourth-order valence-electron chi connectivity index (χ4n) is 2.26. The molecule has 158 valence electrons. The van der Waals surface area contributed by atoms with Gasteiger partial charge in [-0.05, 0) is 18.5 Å². The van der Waals surface area contributed by atoms with Crippen molar-refractivity contribution in [1.82, 2.24) is 24.5 Å². The summed E-state index contributed by atoms with van der Waals surface area (Å²) in [6.45, 7) is 1.46. The number of phenolic OH excluding ortho intramolecular Hbond substituents is 2. The normalized spacial score (nSPS) is 12.5. The summed E-state index contributed by atoms with van der Waals surface area (Å²) < 4.78 is 26.9. The van der Waals surface area contributed by atoms with Crippen LogP contribution in [-0.4, -0.2) is 49.4 Å². The van der Waals surface area contributed by atoms with Gasteiger partial charge in [-0.2, -0.15) is 4.37 Å². The molecule has 0 spiro atoms. The van der Waals surface area contributed by atoms with E-state index in [-0.39, 0.29) is 37.9 Å². The molecule has 0 aliphatic rings. The van der Waals surface area contributed by atoms with Gasteiger partial charge in [0.05, 0.1) is 6.20 Å². The van der Waals surface area contributed by atoms with Gasteiger partial charge in [0.2, 0.25) is 14.2 Å². The van der Waals surface area contributed by atoms with Gasteiger partial charge in [0.1, 0.15) is 40.2 Å². The molecule has 0 aliphatic heterocycles. The van der Waals surface area contributed by atoms with E-state index < -0.39 is 9.84 Å². The number of fused-ring (bicyclic) bond motifs is 1. The van der Waals surface area contributed by atoms with E-state index in [4.69, 9.17) is 0 Å². The minimum Gasteiger partial charge on any atom is -0.505 e. The average Bonchev–Trinajstić information content (AvgIpc) is 3.38. The van der Waals surface area contributed by atoms with Crippen LogP contribution in [0, 0.1) is 6.92 Å². The third-order valence-electron chi connectivity index (χ3n) is 3.80. The molecule has 31 heavy (non-hydrogen) atoms. The lowest BCUT2D eigenvalue weighted by molar-refractivity contribution is 0.445. The zero-order valence-corrected chi connectivity index (χ0v) is 18.1. The van der Waals surface area contributed by atoms with Crippen LogP contribution in [0.4, 0.5) is 21.5 Å². The molecule has 13 nitrogen and oxygen atoms in total. The first-order chi connectivity index (χ1) is 14.7. The quantitative estimate of drug-likeness (QED) is 0.402. The predicted octanol–water partition coefficient (Wildman–Crippen LogP) is 3.89. The standard InChI is InChI=1S/C15H11N9O4S3/c1-6-11(25)7(18-20-13-10-9(24-30-13)4-16-5-17-10)3-8(12(6)26)19-21-14-22-23-15(29-14)31(2,27)28/h3-5,25-26H,1-2H3. The van der Waals surface area contributed by atoms with Gasteiger partial charge in [0, 0.05) is 17.9 Å². The summed E-state index contributed by atoms with van der Waals surface area (Å²) in [5, 5.41) is 43.9. The molecule has 0 aliphatic carbocycles. The Morgan fingerprint density at radius 2 is 1.74 bits per heavy atom. The first-order valence-electron chi connectivity index (χ1n) is 8.22. The number of phenols is 2. The highest BCUT2D eigenvalue weighted by Crippen LogP contribution is 2.44. The Hall–Kier alpha value is -3.50. The molecule has 3 aromatic heterocycles. The summed E-state index contributed by atoms with van der Waals surface area (Å²) in [6, 6.07) is 1.27. The van der Waals surface area contributed by atoms with Crippen LogP contribution in [0.5, 0.6) is 11.5 Å². The Balaban J connectivity index is 1.68. The minimum atomic E-state index is -3.52. The predicted molar refractivity (Wildman–Crippen MR) is 111 cm³/mol. The number of azo groups is 2. The van der Waals surface area contributed by atoms with Crippen molar-refractivity contribution in [3.63, 3.8) is 0 Å². The van der Waals surface area contributed by atoms with Gasteiger partial charge in [0.25, 0.3) is 5.13 Å². The maximum Gasteiger partial charge on any atom is 0.252 e. The topological polar surface area (TPSA) is 188 Å². The lowest BCUT2D eigenvalue weighted by atomic mass is 10.1. The molecule has 0 unspecified atom stereocenters. The van der Waals surface area contributed by atoms with Gasteiger partial charge < -0.3 is 10.2 Å². The van der Waals surface area contributed by atoms with E-state index in [0.29, 0.717) is 16.0 Å². The Bertz CT molecular complexity index is 1460. The van der Waals surface area contributed by atoms with Crippen molar-refractivity contribution >= 4 is 65.2 Å². The lowest BCUT2D eigenvalue weighted by Crippen LogP contribution is -1.95. The molecule has 4 rings (SSSR count). The van der Waals surface area contributed by atoms with Crippen molar-refractivity contribution < 1.29 is 18.6 Å². The van der Waals surface area contributed by atoms with Crippen molar-refractivity contribution in [2.75, 3.05) is 6.26 Å². The third kappa shape index (κ3) is 4.21. The summed E-state index contributed by atoms with van der Waals surface area (Å²) in [6.07, 6.45) is 3.90. The summed E-state index contributed by atoms with van der Waals surface area (Å²) >= 11 is 1.79. The Morgan fingerprint density at radius 3 is 2.42 bits per heavy atom. The lowest BCUT2D eigenvalue weighted by Gasteiger charge is -2.06. The molecule has 0 bridgehead atoms. The second-order valence-electron chi connectivity index (χ2n) is 6.00. The number of aromatic hydroxyl groups is 2. The highest BCUT2D eigenvalue weighted by atomic mass is 32.2. The van der Waals surface area contributed by atoms with Gasteiger partial charge >= 0.3 is 0 Å². The van der Waals surface area contributed by atoms with Gasteiger partial charge in [0.15, 0.2) is 5.00 Å². The number of hydrogen-bond donors (Lipinski definition) is 2. The van der Waals surface area contributed by atoms with E-state index in [9.17, 15) is 18.6 Å². The molecule has 0 fully saturated rings. The largest absolute Gasteiger partial charge is 0.505 e. The van der Waals surface area contributed by atoms with Crippen LogP contribution in [0.25, 0.3) is 11.0 Å². The average molecular weight is 478 g/mol. The van der Waals surface area contributed by atoms with E-state index in [2.05, 4.69) is 45.0 Å². The SMILES string of the molecule is Cc1c(O)c(N=Nc2nnc(S(C)(=O)=O)s2)cc(N=Nc2snc3cncnc23)c1O. The summed E-state index contributed by atoms with van der Waals surface area (Å²) in [5.74, 6) is -0.622. The van der Waals surface area contributed by atoms with Crippen molar-refractivity contribution in [3.8, 4) is 11.5 Å². The number of rotatable bonds is 5. The van der Waals surface area contributed by atoms with E-state index in [1.165, 1.54) is 19.3 Å². The van der Waals surface area contributed by atoms with Crippen molar-refractivity contribution in [3.05, 3.63) is 24.2 Å². The number of aromatic nitrogens is 5. The molecule has 0 saturated heterocycles. The van der Waals surface area contributed by atoms with E-state index >= 15 is 0 Å². The number of nitrogens with zero attached hydrogens (tertiary/aromatic N) is 9. The molecule has 0 atom stereocenters. The number of hydrogen-bond acceptors (Lipinski definition) is 15. The van der Waals surface area contributed by atoms with Gasteiger partial charge in [-0.25, -0.2) is 18.4 Å². The maximum atomic E-state index is 11.5.